The first-order valence-corrected chi connectivity index (χ1v) is 8.22. The van der Waals surface area contributed by atoms with E-state index in [-0.39, 0.29) is 11.4 Å². The van der Waals surface area contributed by atoms with Gasteiger partial charge in [-0.05, 0) is 49.9 Å². The lowest BCUT2D eigenvalue weighted by Crippen LogP contribution is -2.48. The number of hydrogen-bond donors (Lipinski definition) is 2. The lowest BCUT2D eigenvalue weighted by atomic mass is 9.97. The van der Waals surface area contributed by atoms with Crippen LogP contribution in [0, 0.1) is 6.92 Å². The van der Waals surface area contributed by atoms with Crippen molar-refractivity contribution in [1.82, 2.24) is 4.31 Å². The summed E-state index contributed by atoms with van der Waals surface area (Å²) < 4.78 is 26.6. The van der Waals surface area contributed by atoms with E-state index in [9.17, 15) is 13.5 Å². The molecule has 0 aromatic heterocycles. The van der Waals surface area contributed by atoms with Gasteiger partial charge in [-0.15, -0.1) is 0 Å². The van der Waals surface area contributed by atoms with Gasteiger partial charge in [-0.3, -0.25) is 0 Å². The van der Waals surface area contributed by atoms with Crippen LogP contribution < -0.4 is 5.73 Å². The van der Waals surface area contributed by atoms with Crippen LogP contribution in [-0.2, 0) is 16.6 Å². The van der Waals surface area contributed by atoms with Crippen LogP contribution in [-0.4, -0.2) is 36.5 Å². The molecule has 20 heavy (non-hydrogen) atoms. The van der Waals surface area contributed by atoms with Crippen LogP contribution in [0.2, 0.25) is 0 Å². The Morgan fingerprint density at radius 2 is 2.15 bits per heavy atom. The molecule has 0 bridgehead atoms. The fraction of sp³-hybridized carbons (Fsp3) is 0.571. The first kappa shape index (κ1) is 15.4. The van der Waals surface area contributed by atoms with Crippen molar-refractivity contribution in [3.8, 4) is 0 Å². The number of rotatable bonds is 3. The van der Waals surface area contributed by atoms with Gasteiger partial charge in [0, 0.05) is 19.6 Å². The van der Waals surface area contributed by atoms with Gasteiger partial charge in [0.15, 0.2) is 0 Å². The van der Waals surface area contributed by atoms with Crippen molar-refractivity contribution < 1.29 is 13.5 Å². The van der Waals surface area contributed by atoms with Crippen LogP contribution in [0.4, 0.5) is 0 Å². The Hall–Kier alpha value is -0.950. The Kier molecular flexibility index (Phi) is 4.20. The monoisotopic (exact) mass is 298 g/mol. The van der Waals surface area contributed by atoms with E-state index >= 15 is 0 Å². The van der Waals surface area contributed by atoms with Crippen molar-refractivity contribution in [2.45, 2.75) is 43.7 Å². The fourth-order valence-electron chi connectivity index (χ4n) is 2.59. The Morgan fingerprint density at radius 3 is 2.70 bits per heavy atom. The molecule has 1 atom stereocenters. The molecule has 6 heteroatoms. The number of hydrogen-bond acceptors (Lipinski definition) is 4. The number of piperidine rings is 1. The molecule has 1 aromatic carbocycles. The van der Waals surface area contributed by atoms with E-state index < -0.39 is 15.6 Å². The number of benzene rings is 1. The Bertz CT molecular complexity index is 596. The van der Waals surface area contributed by atoms with E-state index in [0.717, 1.165) is 11.1 Å². The number of sulfonamides is 1. The zero-order valence-corrected chi connectivity index (χ0v) is 12.8. The van der Waals surface area contributed by atoms with Crippen molar-refractivity contribution in [2.75, 3.05) is 13.1 Å². The van der Waals surface area contributed by atoms with Crippen LogP contribution in [0.25, 0.3) is 0 Å². The molecule has 1 aliphatic rings. The Balaban J connectivity index is 2.33. The SMILES string of the molecule is Cc1cc(S(=O)(=O)N2CCCC(C)(O)C2)ccc1CN. The maximum Gasteiger partial charge on any atom is 0.243 e. The second-order valence-corrected chi connectivity index (χ2v) is 7.67. The van der Waals surface area contributed by atoms with Crippen LogP contribution in [0.5, 0.6) is 0 Å². The molecular weight excluding hydrogens is 276 g/mol. The largest absolute Gasteiger partial charge is 0.389 e. The van der Waals surface area contributed by atoms with Gasteiger partial charge in [0.1, 0.15) is 0 Å². The number of nitrogens with zero attached hydrogens (tertiary/aromatic N) is 1. The minimum Gasteiger partial charge on any atom is -0.389 e. The van der Waals surface area contributed by atoms with E-state index in [1.807, 2.05) is 6.92 Å². The molecule has 1 unspecified atom stereocenters. The highest BCUT2D eigenvalue weighted by atomic mass is 32.2. The third-order valence-corrected chi connectivity index (χ3v) is 5.65. The van der Waals surface area contributed by atoms with E-state index in [0.29, 0.717) is 25.9 Å². The average molecular weight is 298 g/mol. The van der Waals surface area contributed by atoms with E-state index in [4.69, 9.17) is 5.73 Å². The summed E-state index contributed by atoms with van der Waals surface area (Å²) in [5.74, 6) is 0. The highest BCUT2D eigenvalue weighted by Crippen LogP contribution is 2.26. The highest BCUT2D eigenvalue weighted by Gasteiger charge is 2.35. The molecule has 0 radical (unpaired) electrons. The van der Waals surface area contributed by atoms with Gasteiger partial charge in [0.05, 0.1) is 10.5 Å². The highest BCUT2D eigenvalue weighted by molar-refractivity contribution is 7.89. The lowest BCUT2D eigenvalue weighted by Gasteiger charge is -2.36. The fourth-order valence-corrected chi connectivity index (χ4v) is 4.27. The average Bonchev–Trinajstić information content (AvgIpc) is 2.37. The summed E-state index contributed by atoms with van der Waals surface area (Å²) in [6.45, 7) is 4.53. The van der Waals surface area contributed by atoms with Gasteiger partial charge in [-0.1, -0.05) is 6.07 Å². The lowest BCUT2D eigenvalue weighted by molar-refractivity contribution is 0.00940. The molecule has 0 saturated carbocycles. The molecule has 1 aliphatic heterocycles. The van der Waals surface area contributed by atoms with E-state index in [1.54, 1.807) is 25.1 Å². The van der Waals surface area contributed by atoms with Gasteiger partial charge < -0.3 is 10.8 Å². The minimum atomic E-state index is -3.55. The predicted octanol–water partition coefficient (Wildman–Crippen LogP) is 0.989. The molecule has 1 saturated heterocycles. The van der Waals surface area contributed by atoms with Gasteiger partial charge in [-0.2, -0.15) is 4.31 Å². The molecule has 1 heterocycles. The minimum absolute atomic E-state index is 0.146. The van der Waals surface area contributed by atoms with Crippen LogP contribution >= 0.6 is 0 Å². The molecule has 0 aliphatic carbocycles. The second kappa shape index (κ2) is 5.44. The summed E-state index contributed by atoms with van der Waals surface area (Å²) in [6.07, 6.45) is 1.30. The third kappa shape index (κ3) is 3.03. The molecule has 0 amide bonds. The number of aliphatic hydroxyl groups is 1. The topological polar surface area (TPSA) is 83.6 Å². The molecular formula is C14H22N2O3S. The van der Waals surface area contributed by atoms with Gasteiger partial charge >= 0.3 is 0 Å². The zero-order chi connectivity index (χ0) is 15.0. The molecule has 0 spiro atoms. The number of aryl methyl sites for hydroxylation is 1. The van der Waals surface area contributed by atoms with Crippen molar-refractivity contribution >= 4 is 10.0 Å². The molecule has 5 nitrogen and oxygen atoms in total. The van der Waals surface area contributed by atoms with E-state index in [1.165, 1.54) is 4.31 Å². The van der Waals surface area contributed by atoms with Gasteiger partial charge in [-0.25, -0.2) is 8.42 Å². The van der Waals surface area contributed by atoms with Crippen molar-refractivity contribution in [1.29, 1.82) is 0 Å². The standard InChI is InChI=1S/C14H22N2O3S/c1-11-8-13(5-4-12(11)9-15)20(18,19)16-7-3-6-14(2,17)10-16/h4-5,8,17H,3,6-7,9-10,15H2,1-2H3. The summed E-state index contributed by atoms with van der Waals surface area (Å²) in [7, 11) is -3.55. The quantitative estimate of drug-likeness (QED) is 0.871. The molecule has 1 fully saturated rings. The van der Waals surface area contributed by atoms with Crippen molar-refractivity contribution in [3.63, 3.8) is 0 Å². The molecule has 3 N–H and O–H groups in total. The summed E-state index contributed by atoms with van der Waals surface area (Å²) >= 11 is 0. The Morgan fingerprint density at radius 1 is 1.45 bits per heavy atom. The van der Waals surface area contributed by atoms with Gasteiger partial charge in [0.2, 0.25) is 10.0 Å². The van der Waals surface area contributed by atoms with Crippen LogP contribution in [0.3, 0.4) is 0 Å². The summed E-state index contributed by atoms with van der Waals surface area (Å²) in [5.41, 5.74) is 6.46. The maximum absolute atomic E-state index is 12.6. The first-order valence-electron chi connectivity index (χ1n) is 6.78. The van der Waals surface area contributed by atoms with Gasteiger partial charge in [0.25, 0.3) is 0 Å². The predicted molar refractivity (Wildman–Crippen MR) is 77.7 cm³/mol. The second-order valence-electron chi connectivity index (χ2n) is 5.73. The first-order chi connectivity index (χ1) is 9.26. The third-order valence-electron chi connectivity index (χ3n) is 3.81. The van der Waals surface area contributed by atoms with E-state index in [2.05, 4.69) is 0 Å². The number of nitrogens with two attached hydrogens (primary N) is 1. The smallest absolute Gasteiger partial charge is 0.243 e. The van der Waals surface area contributed by atoms with Crippen molar-refractivity contribution in [2.24, 2.45) is 5.73 Å². The molecule has 2 rings (SSSR count). The summed E-state index contributed by atoms with van der Waals surface area (Å²) in [6, 6.07) is 5.00. The summed E-state index contributed by atoms with van der Waals surface area (Å²) in [5, 5.41) is 10.1. The maximum atomic E-state index is 12.6. The molecule has 112 valence electrons. The summed E-state index contributed by atoms with van der Waals surface area (Å²) in [4.78, 5) is 0.268. The van der Waals surface area contributed by atoms with Crippen LogP contribution in [0.15, 0.2) is 23.1 Å². The van der Waals surface area contributed by atoms with Crippen molar-refractivity contribution in [3.05, 3.63) is 29.3 Å². The Labute approximate surface area is 120 Å². The normalized spacial score (nSPS) is 24.8. The number of β-amino-alcohol motifs (C(OH)–C–C–N with tert-alkyl or cyclic N) is 1. The van der Waals surface area contributed by atoms with Crippen LogP contribution in [0.1, 0.15) is 30.9 Å². The molecule has 1 aromatic rings. The zero-order valence-electron chi connectivity index (χ0n) is 12.0.